The van der Waals surface area contributed by atoms with Crippen LogP contribution < -0.4 is 4.74 Å². The van der Waals surface area contributed by atoms with Crippen LogP contribution in [0.15, 0.2) is 34.3 Å². The summed E-state index contributed by atoms with van der Waals surface area (Å²) in [6.07, 6.45) is -2.91. The SMILES string of the molecule is CC(=O)N1CCC(Oc2ccc(F)c3c2CN(C2=CN=NC(=O)C2C(F)(F)F)C3)CC1. The zero-order valence-corrected chi connectivity index (χ0v) is 16.7. The van der Waals surface area contributed by atoms with Crippen LogP contribution in [0.5, 0.6) is 5.75 Å². The number of nitrogens with zero attached hydrogens (tertiary/aromatic N) is 4. The second-order valence-electron chi connectivity index (χ2n) is 7.76. The number of carbonyl (C=O) groups is 2. The van der Waals surface area contributed by atoms with Crippen LogP contribution in [-0.4, -0.2) is 47.0 Å². The minimum atomic E-state index is -4.83. The summed E-state index contributed by atoms with van der Waals surface area (Å²) in [6, 6.07) is 2.69. The van der Waals surface area contributed by atoms with E-state index in [0.29, 0.717) is 37.2 Å². The average molecular weight is 440 g/mol. The highest BCUT2D eigenvalue weighted by molar-refractivity contribution is 5.83. The lowest BCUT2D eigenvalue weighted by atomic mass is 10.0. The van der Waals surface area contributed by atoms with E-state index >= 15 is 0 Å². The predicted octanol–water partition coefficient (Wildman–Crippen LogP) is 3.54. The molecule has 1 saturated heterocycles. The molecule has 2 amide bonds. The predicted molar refractivity (Wildman–Crippen MR) is 99.0 cm³/mol. The van der Waals surface area contributed by atoms with Crippen molar-refractivity contribution in [1.82, 2.24) is 9.80 Å². The van der Waals surface area contributed by atoms with Gasteiger partial charge in [-0.2, -0.15) is 18.3 Å². The summed E-state index contributed by atoms with van der Waals surface area (Å²) < 4.78 is 60.9. The standard InChI is InChI=1S/C20H20F4N4O3/c1-11(29)27-6-4-12(5-7-27)31-17-3-2-15(21)13-9-28(10-14(13)17)16-8-25-26-19(30)18(16)20(22,23)24/h2-3,8,12,18H,4-7,9-10H2,1H3. The maximum atomic E-state index is 14.5. The maximum absolute atomic E-state index is 14.5. The molecular formula is C20H20F4N4O3. The fourth-order valence-electron chi connectivity index (χ4n) is 4.16. The fourth-order valence-corrected chi connectivity index (χ4v) is 4.16. The number of fused-ring (bicyclic) bond motifs is 1. The molecule has 3 aliphatic rings. The molecule has 166 valence electrons. The molecule has 1 unspecified atom stereocenters. The molecule has 0 aliphatic carbocycles. The fraction of sp³-hybridized carbons (Fsp3) is 0.500. The van der Waals surface area contributed by atoms with Gasteiger partial charge in [-0.25, -0.2) is 4.39 Å². The van der Waals surface area contributed by atoms with E-state index in [2.05, 4.69) is 10.2 Å². The number of benzene rings is 1. The van der Waals surface area contributed by atoms with Crippen LogP contribution in [0.2, 0.25) is 0 Å². The number of ether oxygens (including phenoxy) is 1. The van der Waals surface area contributed by atoms with E-state index in [4.69, 9.17) is 4.74 Å². The van der Waals surface area contributed by atoms with E-state index in [1.165, 1.54) is 24.0 Å². The molecule has 4 rings (SSSR count). The van der Waals surface area contributed by atoms with Crippen LogP contribution in [-0.2, 0) is 22.7 Å². The quantitative estimate of drug-likeness (QED) is 0.674. The minimum absolute atomic E-state index is 0.0107. The van der Waals surface area contributed by atoms with Crippen molar-refractivity contribution in [2.75, 3.05) is 13.1 Å². The first-order chi connectivity index (χ1) is 14.6. The molecule has 0 N–H and O–H groups in total. The van der Waals surface area contributed by atoms with E-state index in [0.717, 1.165) is 6.20 Å². The van der Waals surface area contributed by atoms with E-state index in [9.17, 15) is 27.2 Å². The van der Waals surface area contributed by atoms with Gasteiger partial charge >= 0.3 is 6.18 Å². The topological polar surface area (TPSA) is 74.6 Å². The first-order valence-electron chi connectivity index (χ1n) is 9.84. The average Bonchev–Trinajstić information content (AvgIpc) is 3.16. The van der Waals surface area contributed by atoms with Crippen LogP contribution >= 0.6 is 0 Å². The molecule has 0 spiro atoms. The van der Waals surface area contributed by atoms with E-state index in [-0.39, 0.29) is 36.4 Å². The highest BCUT2D eigenvalue weighted by Crippen LogP contribution is 2.42. The van der Waals surface area contributed by atoms with Gasteiger partial charge in [-0.1, -0.05) is 0 Å². The lowest BCUT2D eigenvalue weighted by Gasteiger charge is -2.32. The Morgan fingerprint density at radius 1 is 1.16 bits per heavy atom. The third kappa shape index (κ3) is 4.13. The van der Waals surface area contributed by atoms with Crippen molar-refractivity contribution in [3.05, 3.63) is 41.0 Å². The summed E-state index contributed by atoms with van der Waals surface area (Å²) in [5, 5.41) is 6.40. The Balaban J connectivity index is 1.54. The molecule has 3 aliphatic heterocycles. The number of hydrogen-bond acceptors (Lipinski definition) is 5. The summed E-state index contributed by atoms with van der Waals surface area (Å²) in [7, 11) is 0. The Bertz CT molecular complexity index is 968. The first kappa shape index (κ1) is 21.3. The second kappa shape index (κ2) is 7.93. The van der Waals surface area contributed by atoms with Gasteiger partial charge in [0.1, 0.15) is 17.7 Å². The van der Waals surface area contributed by atoms with Gasteiger partial charge in [0.15, 0.2) is 5.92 Å². The lowest BCUT2D eigenvalue weighted by molar-refractivity contribution is -0.177. The monoisotopic (exact) mass is 440 g/mol. The molecular weight excluding hydrogens is 420 g/mol. The van der Waals surface area contributed by atoms with Gasteiger partial charge in [-0.3, -0.25) is 9.59 Å². The molecule has 0 saturated carbocycles. The Kier molecular flexibility index (Phi) is 5.44. The summed E-state index contributed by atoms with van der Waals surface area (Å²) in [5.74, 6) is -3.99. The third-order valence-corrected chi connectivity index (χ3v) is 5.79. The maximum Gasteiger partial charge on any atom is 0.406 e. The summed E-state index contributed by atoms with van der Waals surface area (Å²) in [5.41, 5.74) is 0.324. The molecule has 1 aromatic rings. The van der Waals surface area contributed by atoms with E-state index in [1.54, 1.807) is 4.90 Å². The van der Waals surface area contributed by atoms with Crippen molar-refractivity contribution in [3.8, 4) is 5.75 Å². The van der Waals surface area contributed by atoms with Crippen molar-refractivity contribution in [2.45, 2.75) is 45.1 Å². The Morgan fingerprint density at radius 2 is 1.84 bits per heavy atom. The number of hydrogen-bond donors (Lipinski definition) is 0. The Morgan fingerprint density at radius 3 is 2.48 bits per heavy atom. The van der Waals surface area contributed by atoms with Crippen LogP contribution in [0.25, 0.3) is 0 Å². The van der Waals surface area contributed by atoms with Crippen molar-refractivity contribution in [3.63, 3.8) is 0 Å². The van der Waals surface area contributed by atoms with Crippen LogP contribution in [0.3, 0.4) is 0 Å². The normalized spacial score (nSPS) is 21.9. The van der Waals surface area contributed by atoms with Crippen molar-refractivity contribution < 1.29 is 31.9 Å². The molecule has 1 aromatic carbocycles. The van der Waals surface area contributed by atoms with Crippen molar-refractivity contribution in [2.24, 2.45) is 16.1 Å². The number of halogens is 4. The Labute approximate surface area is 175 Å². The molecule has 0 bridgehead atoms. The number of rotatable bonds is 3. The van der Waals surface area contributed by atoms with Crippen molar-refractivity contribution >= 4 is 11.8 Å². The van der Waals surface area contributed by atoms with Gasteiger partial charge in [0.25, 0.3) is 5.91 Å². The number of alkyl halides is 3. The minimum Gasteiger partial charge on any atom is -0.490 e. The Hall–Kier alpha value is -2.98. The number of piperidine rings is 1. The van der Waals surface area contributed by atoms with Crippen LogP contribution in [0.1, 0.15) is 30.9 Å². The van der Waals surface area contributed by atoms with Gasteiger partial charge < -0.3 is 14.5 Å². The lowest BCUT2D eigenvalue weighted by Crippen LogP contribution is -2.40. The number of amides is 2. The zero-order valence-electron chi connectivity index (χ0n) is 16.7. The van der Waals surface area contributed by atoms with Gasteiger partial charge in [0, 0.05) is 57.1 Å². The molecule has 11 heteroatoms. The summed E-state index contributed by atoms with van der Waals surface area (Å²) in [6.45, 7) is 2.41. The molecule has 31 heavy (non-hydrogen) atoms. The van der Waals surface area contributed by atoms with Gasteiger partial charge in [-0.05, 0) is 12.1 Å². The van der Waals surface area contributed by atoms with Gasteiger partial charge in [-0.15, -0.1) is 5.11 Å². The summed E-state index contributed by atoms with van der Waals surface area (Å²) >= 11 is 0. The number of azo groups is 1. The molecule has 7 nitrogen and oxygen atoms in total. The van der Waals surface area contributed by atoms with Crippen LogP contribution in [0, 0.1) is 11.7 Å². The van der Waals surface area contributed by atoms with Gasteiger partial charge in [0.2, 0.25) is 5.91 Å². The molecule has 0 radical (unpaired) electrons. The highest BCUT2D eigenvalue weighted by Gasteiger charge is 2.51. The van der Waals surface area contributed by atoms with E-state index < -0.39 is 23.8 Å². The molecule has 1 fully saturated rings. The summed E-state index contributed by atoms with van der Waals surface area (Å²) in [4.78, 5) is 26.3. The van der Waals surface area contributed by atoms with E-state index in [1.807, 2.05) is 0 Å². The molecule has 0 aromatic heterocycles. The van der Waals surface area contributed by atoms with Gasteiger partial charge in [0.05, 0.1) is 11.9 Å². The number of likely N-dealkylation sites (tertiary alicyclic amines) is 1. The molecule has 1 atom stereocenters. The number of carbonyl (C=O) groups excluding carboxylic acids is 2. The third-order valence-electron chi connectivity index (χ3n) is 5.79. The second-order valence-corrected chi connectivity index (χ2v) is 7.76. The van der Waals surface area contributed by atoms with Crippen LogP contribution in [0.4, 0.5) is 17.6 Å². The largest absolute Gasteiger partial charge is 0.490 e. The van der Waals surface area contributed by atoms with Crippen molar-refractivity contribution in [1.29, 1.82) is 0 Å². The smallest absolute Gasteiger partial charge is 0.406 e. The molecule has 3 heterocycles. The zero-order chi connectivity index (χ0) is 22.3. The first-order valence-corrected chi connectivity index (χ1v) is 9.84. The highest BCUT2D eigenvalue weighted by atomic mass is 19.4.